The van der Waals surface area contributed by atoms with E-state index >= 15 is 0 Å². The standard InChI is InChI=1S/C22H16Cl2N5.C5H5.Fe/c23-16-10-11-18(19(24)12-16)21-22(28-14-25-13-26-28)20(15-6-4-5-7-15)27-29(21)17-8-2-1-3-9-17;1-2-4-5-3-1;/h1-14,21-22H;1-5H;/q;;+2/t21-,22+;;/m0../s1. The van der Waals surface area contributed by atoms with Crippen molar-refractivity contribution in [3.63, 3.8) is 0 Å². The molecule has 2 heterocycles. The Morgan fingerprint density at radius 3 is 2.06 bits per heavy atom. The maximum atomic E-state index is 6.65. The van der Waals surface area contributed by atoms with Crippen molar-refractivity contribution in [2.45, 2.75) is 12.1 Å². The Morgan fingerprint density at radius 2 is 1.46 bits per heavy atom. The summed E-state index contributed by atoms with van der Waals surface area (Å²) in [5.74, 6) is 1.04. The maximum absolute atomic E-state index is 6.65. The number of hydrogen-bond donors (Lipinski definition) is 0. The Kier molecular flexibility index (Phi) is 9.29. The van der Waals surface area contributed by atoms with Gasteiger partial charge in [-0.25, -0.2) is 9.67 Å². The predicted molar refractivity (Wildman–Crippen MR) is 137 cm³/mol. The molecule has 3 aromatic rings. The molecule has 2 atom stereocenters. The van der Waals surface area contributed by atoms with E-state index in [4.69, 9.17) is 28.3 Å². The summed E-state index contributed by atoms with van der Waals surface area (Å²) >= 11 is 12.8. The molecule has 0 N–H and O–H groups in total. The molecule has 2 aromatic carbocycles. The Labute approximate surface area is 228 Å². The molecule has 35 heavy (non-hydrogen) atoms. The van der Waals surface area contributed by atoms with Crippen LogP contribution in [0.2, 0.25) is 10.0 Å². The van der Waals surface area contributed by atoms with Crippen molar-refractivity contribution in [1.29, 1.82) is 0 Å². The first kappa shape index (κ1) is 26.2. The summed E-state index contributed by atoms with van der Waals surface area (Å²) in [4.78, 5) is 4.17. The van der Waals surface area contributed by atoms with Crippen LogP contribution < -0.4 is 5.01 Å². The van der Waals surface area contributed by atoms with E-state index in [2.05, 4.69) is 22.9 Å². The largest absolute Gasteiger partial charge is 2.00 e. The van der Waals surface area contributed by atoms with Crippen LogP contribution in [-0.2, 0) is 17.1 Å². The van der Waals surface area contributed by atoms with Gasteiger partial charge in [0.2, 0.25) is 0 Å². The Bertz CT molecular complexity index is 1090. The zero-order chi connectivity index (χ0) is 23.3. The second kappa shape index (κ2) is 12.4. The maximum Gasteiger partial charge on any atom is 2.00 e. The Hall–Kier alpha value is -1.85. The molecule has 0 saturated heterocycles. The molecule has 5 nitrogen and oxygen atoms in total. The monoisotopic (exact) mass is 541 g/mol. The van der Waals surface area contributed by atoms with E-state index in [1.807, 2.05) is 97.1 Å². The number of para-hydroxylation sites is 1. The fraction of sp³-hybridized carbons (Fsp3) is 0.0741. The molecule has 2 aliphatic carbocycles. The van der Waals surface area contributed by atoms with Gasteiger partial charge in [0.05, 0.1) is 11.4 Å². The van der Waals surface area contributed by atoms with E-state index in [9.17, 15) is 0 Å². The molecule has 6 rings (SSSR count). The smallest absolute Gasteiger partial charge is 0.255 e. The second-order valence-electron chi connectivity index (χ2n) is 7.73. The van der Waals surface area contributed by atoms with Crippen molar-refractivity contribution in [3.8, 4) is 0 Å². The number of rotatable bonds is 4. The molecule has 174 valence electrons. The van der Waals surface area contributed by atoms with Gasteiger partial charge in [0.15, 0.2) is 0 Å². The number of hydrazone groups is 1. The predicted octanol–water partition coefficient (Wildman–Crippen LogP) is 6.17. The first-order valence-corrected chi connectivity index (χ1v) is 11.6. The molecule has 2 fully saturated rings. The average molecular weight is 542 g/mol. The summed E-state index contributed by atoms with van der Waals surface area (Å²) in [5.41, 5.74) is 2.79. The van der Waals surface area contributed by atoms with Crippen molar-refractivity contribution in [2.24, 2.45) is 5.10 Å². The van der Waals surface area contributed by atoms with Crippen LogP contribution in [0.15, 0.2) is 66.3 Å². The van der Waals surface area contributed by atoms with Crippen LogP contribution in [0, 0.1) is 63.7 Å². The van der Waals surface area contributed by atoms with E-state index < -0.39 is 0 Å². The summed E-state index contributed by atoms with van der Waals surface area (Å²) in [5, 5.41) is 12.7. The van der Waals surface area contributed by atoms with E-state index in [0.29, 0.717) is 10.0 Å². The van der Waals surface area contributed by atoms with Gasteiger partial charge in [0.25, 0.3) is 0 Å². The molecule has 0 spiro atoms. The van der Waals surface area contributed by atoms with Gasteiger partial charge in [0, 0.05) is 16.0 Å². The van der Waals surface area contributed by atoms with Crippen LogP contribution in [0.4, 0.5) is 5.69 Å². The SMILES string of the molecule is Clc1ccc([C@H]2[C@H](n3cncn3)C([C]3[CH][CH][CH][CH]3)=NN2c2ccccc2)c(Cl)c1.[CH]1[CH][CH][CH][CH]1.[Fe+2]. The van der Waals surface area contributed by atoms with Gasteiger partial charge in [-0.1, -0.05) is 47.5 Å². The van der Waals surface area contributed by atoms with Crippen LogP contribution in [0.25, 0.3) is 0 Å². The Morgan fingerprint density at radius 1 is 0.771 bits per heavy atom. The topological polar surface area (TPSA) is 46.3 Å². The van der Waals surface area contributed by atoms with Crippen LogP contribution in [0.1, 0.15) is 17.6 Å². The molecule has 10 radical (unpaired) electrons. The number of benzene rings is 2. The quantitative estimate of drug-likeness (QED) is 0.371. The molecule has 8 heteroatoms. The summed E-state index contributed by atoms with van der Waals surface area (Å²) in [6, 6.07) is 15.2. The molecule has 1 aliphatic heterocycles. The fourth-order valence-electron chi connectivity index (χ4n) is 4.09. The number of halogens is 2. The minimum absolute atomic E-state index is 0. The van der Waals surface area contributed by atoms with E-state index in [-0.39, 0.29) is 29.2 Å². The van der Waals surface area contributed by atoms with Gasteiger partial charge < -0.3 is 0 Å². The zero-order valence-corrected chi connectivity index (χ0v) is 21.1. The third-order valence-corrected chi connectivity index (χ3v) is 6.16. The molecule has 3 aliphatic rings. The van der Waals surface area contributed by atoms with Gasteiger partial charge in [-0.05, 0) is 87.6 Å². The van der Waals surface area contributed by atoms with Gasteiger partial charge in [-0.3, -0.25) is 5.01 Å². The van der Waals surface area contributed by atoms with Gasteiger partial charge >= 0.3 is 17.1 Å². The van der Waals surface area contributed by atoms with Crippen LogP contribution in [0.5, 0.6) is 0 Å². The minimum Gasteiger partial charge on any atom is -0.255 e. The van der Waals surface area contributed by atoms with Crippen LogP contribution >= 0.6 is 23.2 Å². The third kappa shape index (κ3) is 5.94. The molecule has 1 aromatic heterocycles. The van der Waals surface area contributed by atoms with E-state index in [0.717, 1.165) is 22.9 Å². The molecule has 0 amide bonds. The number of nitrogens with zero attached hydrogens (tertiary/aromatic N) is 5. The van der Waals surface area contributed by atoms with Crippen molar-refractivity contribution < 1.29 is 17.1 Å². The zero-order valence-electron chi connectivity index (χ0n) is 18.5. The summed E-state index contributed by atoms with van der Waals surface area (Å²) < 4.78 is 1.84. The van der Waals surface area contributed by atoms with E-state index in [1.54, 1.807) is 12.4 Å². The number of anilines is 1. The second-order valence-corrected chi connectivity index (χ2v) is 8.58. The normalized spacial score (nSPS) is 21.9. The fourth-order valence-corrected chi connectivity index (χ4v) is 4.61. The number of hydrogen-bond acceptors (Lipinski definition) is 4. The van der Waals surface area contributed by atoms with E-state index in [1.165, 1.54) is 6.33 Å². The molecule has 0 bridgehead atoms. The summed E-state index contributed by atoms with van der Waals surface area (Å²) in [6.45, 7) is 0. The summed E-state index contributed by atoms with van der Waals surface area (Å²) in [7, 11) is 0. The van der Waals surface area contributed by atoms with Gasteiger partial charge in [-0.2, -0.15) is 10.2 Å². The molecule has 0 unspecified atom stereocenters. The molecular formula is C27H21Cl2FeN5+2. The van der Waals surface area contributed by atoms with Crippen molar-refractivity contribution in [2.75, 3.05) is 5.01 Å². The minimum atomic E-state index is -0.214. The summed E-state index contributed by atoms with van der Waals surface area (Å²) in [6.07, 6.45) is 21.4. The van der Waals surface area contributed by atoms with Crippen LogP contribution in [0.3, 0.4) is 0 Å². The first-order chi connectivity index (χ1) is 16.7. The van der Waals surface area contributed by atoms with Crippen molar-refractivity contribution in [3.05, 3.63) is 140 Å². The average Bonchev–Trinajstić information content (AvgIpc) is 3.66. The van der Waals surface area contributed by atoms with Gasteiger partial charge in [0.1, 0.15) is 24.7 Å². The van der Waals surface area contributed by atoms with Crippen molar-refractivity contribution in [1.82, 2.24) is 14.8 Å². The van der Waals surface area contributed by atoms with Crippen molar-refractivity contribution >= 4 is 34.6 Å². The molecule has 2 saturated carbocycles. The molecular weight excluding hydrogens is 521 g/mol. The first-order valence-electron chi connectivity index (χ1n) is 10.8. The number of aromatic nitrogens is 3. The Balaban J connectivity index is 0.000000431. The third-order valence-electron chi connectivity index (χ3n) is 5.60. The van der Waals surface area contributed by atoms with Gasteiger partial charge in [-0.15, -0.1) is 0 Å². The van der Waals surface area contributed by atoms with Crippen LogP contribution in [-0.4, -0.2) is 20.5 Å².